The first-order chi connectivity index (χ1) is 11.4. The number of hydrogen-bond donors (Lipinski definition) is 0. The van der Waals surface area contributed by atoms with E-state index in [0.29, 0.717) is 49.7 Å². The lowest BCUT2D eigenvalue weighted by Crippen LogP contribution is -2.41. The van der Waals surface area contributed by atoms with Crippen molar-refractivity contribution in [3.63, 3.8) is 0 Å². The van der Waals surface area contributed by atoms with E-state index in [-0.39, 0.29) is 36.4 Å². The molecule has 8 atom stereocenters. The molecule has 0 saturated carbocycles. The van der Waals surface area contributed by atoms with Gasteiger partial charge >= 0.3 is 11.9 Å². The van der Waals surface area contributed by atoms with Gasteiger partial charge in [0.1, 0.15) is 0 Å². The molecule has 3 saturated heterocycles. The van der Waals surface area contributed by atoms with Crippen LogP contribution in [0.4, 0.5) is 0 Å². The van der Waals surface area contributed by atoms with Gasteiger partial charge in [-0.3, -0.25) is 9.59 Å². The molecule has 6 heteroatoms. The highest BCUT2D eigenvalue weighted by Gasteiger charge is 2.64. The fourth-order valence-corrected chi connectivity index (χ4v) is 4.83. The third-order valence-corrected chi connectivity index (χ3v) is 6.01. The summed E-state index contributed by atoms with van der Waals surface area (Å²) in [5.74, 6) is 1.20. The number of rotatable bonds is 6. The maximum atomic E-state index is 11.0. The summed E-state index contributed by atoms with van der Waals surface area (Å²) in [7, 11) is 0. The largest absolute Gasteiger partial charge is 0.466 e. The summed E-state index contributed by atoms with van der Waals surface area (Å²) in [6, 6.07) is 0. The van der Waals surface area contributed by atoms with Gasteiger partial charge in [-0.15, -0.1) is 0 Å². The van der Waals surface area contributed by atoms with Crippen LogP contribution >= 0.6 is 0 Å². The van der Waals surface area contributed by atoms with Crippen LogP contribution in [0.3, 0.4) is 0 Å². The van der Waals surface area contributed by atoms with E-state index in [9.17, 15) is 9.59 Å². The van der Waals surface area contributed by atoms with Gasteiger partial charge in [0.25, 0.3) is 0 Å². The third-order valence-electron chi connectivity index (χ3n) is 6.01. The Kier molecular flexibility index (Phi) is 5.16. The van der Waals surface area contributed by atoms with E-state index in [1.165, 1.54) is 13.8 Å². The molecule has 24 heavy (non-hydrogen) atoms. The minimum Gasteiger partial charge on any atom is -0.466 e. The van der Waals surface area contributed by atoms with Crippen molar-refractivity contribution < 1.29 is 28.5 Å². The van der Waals surface area contributed by atoms with Gasteiger partial charge in [0.15, 0.2) is 0 Å². The molecule has 0 aromatic carbocycles. The minimum atomic E-state index is -0.262. The van der Waals surface area contributed by atoms with Crippen molar-refractivity contribution in [2.24, 2.45) is 23.7 Å². The van der Waals surface area contributed by atoms with Gasteiger partial charge in [-0.1, -0.05) is 13.8 Å². The van der Waals surface area contributed by atoms with Crippen LogP contribution in [0.15, 0.2) is 0 Å². The molecule has 0 N–H and O–H groups in total. The van der Waals surface area contributed by atoms with E-state index in [0.717, 1.165) is 0 Å². The second-order valence-electron chi connectivity index (χ2n) is 7.41. The highest BCUT2D eigenvalue weighted by molar-refractivity contribution is 5.66. The van der Waals surface area contributed by atoms with Gasteiger partial charge in [0.2, 0.25) is 0 Å². The molecule has 3 heterocycles. The van der Waals surface area contributed by atoms with Crippen molar-refractivity contribution in [2.75, 3.05) is 13.2 Å². The number of carbonyl (C=O) groups is 2. The number of hydrogen-bond acceptors (Lipinski definition) is 6. The molecule has 3 rings (SSSR count). The van der Waals surface area contributed by atoms with Crippen molar-refractivity contribution >= 4 is 11.9 Å². The molecule has 0 aliphatic carbocycles. The summed E-state index contributed by atoms with van der Waals surface area (Å²) in [5, 5.41) is 0. The van der Waals surface area contributed by atoms with Crippen LogP contribution in [0.25, 0.3) is 0 Å². The Bertz CT molecular complexity index is 450. The van der Waals surface area contributed by atoms with E-state index >= 15 is 0 Å². The fraction of sp³-hybridized carbons (Fsp3) is 0.889. The summed E-state index contributed by atoms with van der Waals surface area (Å²) in [5.41, 5.74) is 0. The van der Waals surface area contributed by atoms with Crippen molar-refractivity contribution in [1.29, 1.82) is 0 Å². The molecule has 0 amide bonds. The Morgan fingerprint density at radius 1 is 0.792 bits per heavy atom. The predicted octanol–water partition coefficient (Wildman–Crippen LogP) is 1.95. The second kappa shape index (κ2) is 7.00. The topological polar surface area (TPSA) is 71.1 Å². The number of esters is 2. The van der Waals surface area contributed by atoms with Crippen LogP contribution in [-0.2, 0) is 28.5 Å². The molecule has 6 nitrogen and oxygen atoms in total. The smallest absolute Gasteiger partial charge is 0.302 e. The minimum absolute atomic E-state index is 0.0432. The van der Waals surface area contributed by atoms with Gasteiger partial charge < -0.3 is 18.9 Å². The quantitative estimate of drug-likeness (QED) is 0.688. The van der Waals surface area contributed by atoms with Crippen molar-refractivity contribution in [2.45, 2.75) is 65.0 Å². The van der Waals surface area contributed by atoms with Crippen LogP contribution in [0.1, 0.15) is 40.5 Å². The van der Waals surface area contributed by atoms with E-state index in [2.05, 4.69) is 13.8 Å². The molecule has 0 aromatic heterocycles. The zero-order valence-corrected chi connectivity index (χ0v) is 14.9. The molecule has 8 unspecified atom stereocenters. The SMILES string of the molecule is CC(=O)OCCC1OC(CCOC(C)=O)C2C3OC(C(C)C3C)C12. The van der Waals surface area contributed by atoms with Gasteiger partial charge in [0.05, 0.1) is 37.6 Å². The van der Waals surface area contributed by atoms with Crippen molar-refractivity contribution in [3.05, 3.63) is 0 Å². The number of fused-ring (bicyclic) bond motifs is 5. The van der Waals surface area contributed by atoms with Gasteiger partial charge in [-0.25, -0.2) is 0 Å². The number of ether oxygens (including phenoxy) is 4. The van der Waals surface area contributed by atoms with E-state index in [1.54, 1.807) is 0 Å². The predicted molar refractivity (Wildman–Crippen MR) is 85.1 cm³/mol. The van der Waals surface area contributed by atoms with Gasteiger partial charge in [0, 0.05) is 38.5 Å². The van der Waals surface area contributed by atoms with Crippen LogP contribution in [0, 0.1) is 23.7 Å². The van der Waals surface area contributed by atoms with Crippen LogP contribution in [0.5, 0.6) is 0 Å². The normalized spacial score (nSPS) is 42.8. The highest BCUT2D eigenvalue weighted by Crippen LogP contribution is 2.57. The zero-order valence-electron chi connectivity index (χ0n) is 14.9. The van der Waals surface area contributed by atoms with Crippen LogP contribution < -0.4 is 0 Å². The molecule has 3 aliphatic heterocycles. The Hall–Kier alpha value is -1.14. The molecular weight excluding hydrogens is 312 g/mol. The standard InChI is InChI=1S/C18H28O6/c1-9-10(2)18-16-14(6-8-22-12(4)20)23-13(5-7-21-11(3)19)15(16)17(9)24-18/h9-10,13-18H,5-8H2,1-4H3. The zero-order chi connectivity index (χ0) is 17.4. The Balaban J connectivity index is 1.66. The molecule has 2 bridgehead atoms. The first-order valence-electron chi connectivity index (χ1n) is 8.97. The average molecular weight is 340 g/mol. The van der Waals surface area contributed by atoms with E-state index in [4.69, 9.17) is 18.9 Å². The van der Waals surface area contributed by atoms with Gasteiger partial charge in [-0.2, -0.15) is 0 Å². The number of carbonyl (C=O) groups excluding carboxylic acids is 2. The molecule has 3 fully saturated rings. The monoisotopic (exact) mass is 340 g/mol. The molecule has 0 aromatic rings. The summed E-state index contributed by atoms with van der Waals surface area (Å²) < 4.78 is 22.8. The molecule has 3 aliphatic rings. The van der Waals surface area contributed by atoms with Crippen LogP contribution in [-0.4, -0.2) is 49.6 Å². The van der Waals surface area contributed by atoms with Crippen LogP contribution in [0.2, 0.25) is 0 Å². The second-order valence-corrected chi connectivity index (χ2v) is 7.41. The molecule has 0 spiro atoms. The lowest BCUT2D eigenvalue weighted by molar-refractivity contribution is -0.142. The molecule has 136 valence electrons. The summed E-state index contributed by atoms with van der Waals surface area (Å²) in [6.07, 6.45) is 1.91. The summed E-state index contributed by atoms with van der Waals surface area (Å²) in [6.45, 7) is 8.10. The van der Waals surface area contributed by atoms with E-state index < -0.39 is 0 Å². The van der Waals surface area contributed by atoms with Gasteiger partial charge in [-0.05, 0) is 11.8 Å². The fourth-order valence-electron chi connectivity index (χ4n) is 4.83. The summed E-state index contributed by atoms with van der Waals surface area (Å²) in [4.78, 5) is 22.0. The lowest BCUT2D eigenvalue weighted by atomic mass is 9.67. The average Bonchev–Trinajstić information content (AvgIpc) is 3.12. The van der Waals surface area contributed by atoms with Crippen molar-refractivity contribution in [1.82, 2.24) is 0 Å². The first kappa shape index (κ1) is 17.7. The summed E-state index contributed by atoms with van der Waals surface area (Å²) >= 11 is 0. The Morgan fingerprint density at radius 2 is 1.21 bits per heavy atom. The third kappa shape index (κ3) is 3.18. The maximum absolute atomic E-state index is 11.0. The Labute approximate surface area is 143 Å². The molecule has 0 radical (unpaired) electrons. The molecular formula is C18H28O6. The Morgan fingerprint density at radius 3 is 1.58 bits per heavy atom. The highest BCUT2D eigenvalue weighted by atomic mass is 16.6. The van der Waals surface area contributed by atoms with Crippen molar-refractivity contribution in [3.8, 4) is 0 Å². The first-order valence-corrected chi connectivity index (χ1v) is 8.97. The maximum Gasteiger partial charge on any atom is 0.302 e. The van der Waals surface area contributed by atoms with E-state index in [1.807, 2.05) is 0 Å². The lowest BCUT2D eigenvalue weighted by Gasteiger charge is -2.33.